The summed E-state index contributed by atoms with van der Waals surface area (Å²) in [5.74, 6) is -1.20. The second kappa shape index (κ2) is 5.37. The maximum atomic E-state index is 12.9. The van der Waals surface area contributed by atoms with Crippen LogP contribution in [-0.2, 0) is 6.42 Å². The van der Waals surface area contributed by atoms with Crippen molar-refractivity contribution >= 4 is 22.5 Å². The number of benzene rings is 2. The minimum absolute atomic E-state index is 0.0929. The average molecular weight is 336 g/mol. The van der Waals surface area contributed by atoms with E-state index >= 15 is 0 Å². The largest absolute Gasteiger partial charge is 0.506 e. The lowest BCUT2D eigenvalue weighted by molar-refractivity contribution is 0.102. The van der Waals surface area contributed by atoms with Gasteiger partial charge in [-0.15, -0.1) is 0 Å². The van der Waals surface area contributed by atoms with Crippen LogP contribution < -0.4 is 10.9 Å². The molecule has 1 aliphatic heterocycles. The quantitative estimate of drug-likeness (QED) is 0.628. The van der Waals surface area contributed by atoms with Gasteiger partial charge in [0.1, 0.15) is 17.1 Å². The van der Waals surface area contributed by atoms with E-state index in [-0.39, 0.29) is 28.8 Å². The van der Waals surface area contributed by atoms with E-state index < -0.39 is 11.5 Å². The highest BCUT2D eigenvalue weighted by Crippen LogP contribution is 2.36. The van der Waals surface area contributed by atoms with Crippen LogP contribution in [0.1, 0.15) is 28.9 Å². The number of phenolic OH excluding ortho intramolecular Hbond substituents is 1. The molecule has 25 heavy (non-hydrogen) atoms. The fourth-order valence-electron chi connectivity index (χ4n) is 3.49. The molecule has 1 atom stereocenters. The van der Waals surface area contributed by atoms with Crippen LogP contribution in [0.5, 0.6) is 11.5 Å². The van der Waals surface area contributed by atoms with Gasteiger partial charge in [0, 0.05) is 11.4 Å². The number of carbonyl (C=O) groups is 1. The van der Waals surface area contributed by atoms with Crippen molar-refractivity contribution in [1.82, 2.24) is 4.57 Å². The first-order valence-corrected chi connectivity index (χ1v) is 7.97. The summed E-state index contributed by atoms with van der Waals surface area (Å²) in [5.41, 5.74) is 0.980. The van der Waals surface area contributed by atoms with Gasteiger partial charge in [0.25, 0.3) is 11.5 Å². The monoisotopic (exact) mass is 336 g/mol. The van der Waals surface area contributed by atoms with Gasteiger partial charge in [0.15, 0.2) is 0 Å². The second-order valence-corrected chi connectivity index (χ2v) is 6.24. The van der Waals surface area contributed by atoms with Crippen LogP contribution >= 0.6 is 0 Å². The Hall–Kier alpha value is -3.28. The Kier molecular flexibility index (Phi) is 3.28. The molecule has 0 aliphatic carbocycles. The van der Waals surface area contributed by atoms with Crippen molar-refractivity contribution in [2.24, 2.45) is 0 Å². The lowest BCUT2D eigenvalue weighted by Crippen LogP contribution is -2.30. The first-order valence-electron chi connectivity index (χ1n) is 7.97. The second-order valence-electron chi connectivity index (χ2n) is 6.24. The Morgan fingerprint density at radius 3 is 2.68 bits per heavy atom. The topological polar surface area (TPSA) is 91.6 Å². The third-order valence-electron chi connectivity index (χ3n) is 4.62. The number of nitrogens with zero attached hydrogens (tertiary/aromatic N) is 1. The molecule has 126 valence electrons. The molecule has 0 saturated heterocycles. The molecule has 2 heterocycles. The number of hydrogen-bond donors (Lipinski definition) is 3. The molecule has 2 aromatic carbocycles. The lowest BCUT2D eigenvalue weighted by atomic mass is 10.1. The summed E-state index contributed by atoms with van der Waals surface area (Å²) >= 11 is 0. The zero-order valence-corrected chi connectivity index (χ0v) is 13.5. The van der Waals surface area contributed by atoms with Gasteiger partial charge in [-0.2, -0.15) is 0 Å². The number of pyridine rings is 1. The highest BCUT2D eigenvalue weighted by Gasteiger charge is 2.29. The number of nitrogens with one attached hydrogen (secondary N) is 1. The molecule has 0 saturated carbocycles. The summed E-state index contributed by atoms with van der Waals surface area (Å²) in [7, 11) is 0. The Morgan fingerprint density at radius 1 is 1.16 bits per heavy atom. The molecule has 4 rings (SSSR count). The van der Waals surface area contributed by atoms with E-state index in [0.29, 0.717) is 17.3 Å². The van der Waals surface area contributed by atoms with Crippen molar-refractivity contribution < 1.29 is 15.0 Å². The molecule has 1 aromatic heterocycles. The average Bonchev–Trinajstić information content (AvgIpc) is 2.92. The highest BCUT2D eigenvalue weighted by molar-refractivity contribution is 6.10. The first-order chi connectivity index (χ1) is 12.0. The summed E-state index contributed by atoms with van der Waals surface area (Å²) in [6, 6.07) is 11.5. The van der Waals surface area contributed by atoms with Crippen molar-refractivity contribution in [1.29, 1.82) is 0 Å². The van der Waals surface area contributed by atoms with Gasteiger partial charge in [0.05, 0.1) is 11.2 Å². The molecule has 6 heteroatoms. The zero-order valence-electron chi connectivity index (χ0n) is 13.5. The van der Waals surface area contributed by atoms with E-state index in [1.807, 2.05) is 13.0 Å². The van der Waals surface area contributed by atoms with Crippen molar-refractivity contribution in [3.05, 3.63) is 63.9 Å². The van der Waals surface area contributed by atoms with E-state index in [2.05, 4.69) is 5.32 Å². The molecule has 1 aliphatic rings. The maximum Gasteiger partial charge on any atom is 0.268 e. The van der Waals surface area contributed by atoms with E-state index in [9.17, 15) is 19.8 Å². The maximum absolute atomic E-state index is 12.9. The van der Waals surface area contributed by atoms with Crippen LogP contribution in [-0.4, -0.2) is 20.7 Å². The number of phenols is 1. The zero-order chi connectivity index (χ0) is 17.7. The smallest absolute Gasteiger partial charge is 0.268 e. The predicted octanol–water partition coefficient (Wildman–Crippen LogP) is 2.78. The number of amides is 1. The summed E-state index contributed by atoms with van der Waals surface area (Å²) in [6.07, 6.45) is 0.677. The number of aromatic nitrogens is 1. The molecule has 3 N–H and O–H groups in total. The standard InChI is InChI=1S/C19H16N2O4/c1-10-9-11-5-4-6-12-16(11)21(10)19(25)15(17(12)23)18(24)20-13-7-2-3-8-14(13)22/h2-8,10,22-23H,9H2,1H3,(H,20,24)/t10-/m1/s1. The molecule has 1 amide bonds. The third kappa shape index (κ3) is 2.18. The van der Waals surface area contributed by atoms with Crippen LogP contribution in [0.25, 0.3) is 10.9 Å². The molecule has 6 nitrogen and oxygen atoms in total. The van der Waals surface area contributed by atoms with Gasteiger partial charge in [-0.1, -0.05) is 24.3 Å². The van der Waals surface area contributed by atoms with Crippen molar-refractivity contribution in [2.45, 2.75) is 19.4 Å². The van der Waals surface area contributed by atoms with Crippen LogP contribution in [0.4, 0.5) is 5.69 Å². The van der Waals surface area contributed by atoms with Gasteiger partial charge in [0.2, 0.25) is 0 Å². The molecule has 0 unspecified atom stereocenters. The Balaban J connectivity index is 1.91. The molecule has 0 spiro atoms. The molecular weight excluding hydrogens is 320 g/mol. The Bertz CT molecular complexity index is 1080. The van der Waals surface area contributed by atoms with E-state index in [0.717, 1.165) is 5.56 Å². The van der Waals surface area contributed by atoms with Crippen molar-refractivity contribution in [2.75, 3.05) is 5.32 Å². The van der Waals surface area contributed by atoms with Crippen molar-refractivity contribution in [3.8, 4) is 11.5 Å². The van der Waals surface area contributed by atoms with Gasteiger partial charge in [-0.3, -0.25) is 9.59 Å². The molecule has 0 radical (unpaired) electrons. The molecule has 3 aromatic rings. The van der Waals surface area contributed by atoms with Crippen LogP contribution in [0.15, 0.2) is 47.3 Å². The minimum atomic E-state index is -0.751. The van der Waals surface area contributed by atoms with Crippen LogP contribution in [0.3, 0.4) is 0 Å². The third-order valence-corrected chi connectivity index (χ3v) is 4.62. The fourth-order valence-corrected chi connectivity index (χ4v) is 3.49. The fraction of sp³-hybridized carbons (Fsp3) is 0.158. The number of anilines is 1. The predicted molar refractivity (Wildman–Crippen MR) is 94.3 cm³/mol. The molecule has 0 fully saturated rings. The summed E-state index contributed by atoms with van der Waals surface area (Å²) in [6.45, 7) is 1.91. The minimum Gasteiger partial charge on any atom is -0.506 e. The SMILES string of the molecule is C[C@@H]1Cc2cccc3c(O)c(C(=O)Nc4ccccc4O)c(=O)n1c23. The summed E-state index contributed by atoms with van der Waals surface area (Å²) in [5, 5.41) is 23.4. The van der Waals surface area contributed by atoms with Crippen LogP contribution in [0.2, 0.25) is 0 Å². The number of rotatable bonds is 2. The van der Waals surface area contributed by atoms with Crippen molar-refractivity contribution in [3.63, 3.8) is 0 Å². The van der Waals surface area contributed by atoms with E-state index in [4.69, 9.17) is 0 Å². The first kappa shape index (κ1) is 15.3. The normalized spacial score (nSPS) is 15.5. The van der Waals surface area contributed by atoms with Gasteiger partial charge in [-0.25, -0.2) is 0 Å². The van der Waals surface area contributed by atoms with E-state index in [1.165, 1.54) is 12.1 Å². The van der Waals surface area contributed by atoms with Gasteiger partial charge in [-0.05, 0) is 37.1 Å². The van der Waals surface area contributed by atoms with Gasteiger partial charge >= 0.3 is 0 Å². The highest BCUT2D eigenvalue weighted by atomic mass is 16.3. The Morgan fingerprint density at radius 2 is 1.92 bits per heavy atom. The Labute approximate surface area is 143 Å². The summed E-state index contributed by atoms with van der Waals surface area (Å²) < 4.78 is 1.56. The molecular formula is C19H16N2O4. The number of hydrogen-bond acceptors (Lipinski definition) is 4. The number of carbonyl (C=O) groups excluding carboxylic acids is 1. The van der Waals surface area contributed by atoms with Gasteiger partial charge < -0.3 is 20.1 Å². The van der Waals surface area contributed by atoms with E-state index in [1.54, 1.807) is 28.8 Å². The lowest BCUT2D eigenvalue weighted by Gasteiger charge is -2.14. The number of para-hydroxylation sites is 3. The van der Waals surface area contributed by atoms with Crippen LogP contribution in [0, 0.1) is 0 Å². The summed E-state index contributed by atoms with van der Waals surface area (Å²) in [4.78, 5) is 25.5. The molecule has 0 bridgehead atoms. The number of aromatic hydroxyl groups is 2.